The van der Waals surface area contributed by atoms with Crippen molar-refractivity contribution in [2.75, 3.05) is 0 Å². The third-order valence-electron chi connectivity index (χ3n) is 2.82. The molecule has 2 aromatic carbocycles. The van der Waals surface area contributed by atoms with Crippen LogP contribution in [0.5, 0.6) is 0 Å². The van der Waals surface area contributed by atoms with Gasteiger partial charge in [-0.3, -0.25) is 0 Å². The Morgan fingerprint density at radius 2 is 1.58 bits per heavy atom. The molecule has 0 aromatic heterocycles. The maximum atomic E-state index is 10.3. The van der Waals surface area contributed by atoms with E-state index in [4.69, 9.17) is 28.9 Å². The molecule has 0 heterocycles. The minimum atomic E-state index is -0.837. The highest BCUT2D eigenvalue weighted by molar-refractivity contribution is 9.10. The predicted molar refractivity (Wildman–Crippen MR) is 82.5 cm³/mol. The van der Waals surface area contributed by atoms with Crippen molar-refractivity contribution in [2.45, 2.75) is 12.1 Å². The summed E-state index contributed by atoms with van der Waals surface area (Å²) in [7, 11) is 0. The number of hydrogen-bond donors (Lipinski definition) is 2. The average Bonchev–Trinajstić information content (AvgIpc) is 2.37. The summed E-state index contributed by atoms with van der Waals surface area (Å²) < 4.78 is 0.803. The van der Waals surface area contributed by atoms with Gasteiger partial charge < -0.3 is 10.8 Å². The highest BCUT2D eigenvalue weighted by Crippen LogP contribution is 2.31. The van der Waals surface area contributed by atoms with E-state index in [9.17, 15) is 5.11 Å². The quantitative estimate of drug-likeness (QED) is 0.847. The summed E-state index contributed by atoms with van der Waals surface area (Å²) >= 11 is 15.1. The zero-order chi connectivity index (χ0) is 14.0. The summed E-state index contributed by atoms with van der Waals surface area (Å²) in [6.07, 6.45) is -0.837. The van der Waals surface area contributed by atoms with Crippen LogP contribution in [0.15, 0.2) is 46.9 Å². The number of hydrogen-bond acceptors (Lipinski definition) is 2. The van der Waals surface area contributed by atoms with E-state index in [2.05, 4.69) is 15.9 Å². The Labute approximate surface area is 130 Å². The highest BCUT2D eigenvalue weighted by atomic mass is 79.9. The lowest BCUT2D eigenvalue weighted by molar-refractivity contribution is 0.147. The standard InChI is InChI=1S/C14H12BrCl2NO/c15-10-5-9(6-12(17)7-10)14(19)13(18)8-1-3-11(16)4-2-8/h1-7,13-14,19H,18H2/t13-,14-/m1/s1. The molecule has 2 aromatic rings. The van der Waals surface area contributed by atoms with E-state index in [1.54, 1.807) is 42.5 Å². The molecule has 0 amide bonds. The molecule has 0 bridgehead atoms. The van der Waals surface area contributed by atoms with Crippen LogP contribution < -0.4 is 5.73 Å². The van der Waals surface area contributed by atoms with Crippen molar-refractivity contribution in [1.29, 1.82) is 0 Å². The van der Waals surface area contributed by atoms with Gasteiger partial charge in [0.25, 0.3) is 0 Å². The van der Waals surface area contributed by atoms with Crippen LogP contribution in [0, 0.1) is 0 Å². The molecule has 5 heteroatoms. The van der Waals surface area contributed by atoms with E-state index in [-0.39, 0.29) is 0 Å². The fourth-order valence-electron chi connectivity index (χ4n) is 1.82. The van der Waals surface area contributed by atoms with Crippen LogP contribution >= 0.6 is 39.1 Å². The lowest BCUT2D eigenvalue weighted by atomic mass is 9.97. The Hall–Kier alpha value is -0.580. The molecule has 0 aliphatic carbocycles. The van der Waals surface area contributed by atoms with Gasteiger partial charge >= 0.3 is 0 Å². The third kappa shape index (κ3) is 3.71. The second kappa shape index (κ2) is 6.25. The monoisotopic (exact) mass is 359 g/mol. The summed E-state index contributed by atoms with van der Waals surface area (Å²) in [5.41, 5.74) is 7.55. The molecule has 0 aliphatic heterocycles. The van der Waals surface area contributed by atoms with Gasteiger partial charge in [0, 0.05) is 14.5 Å². The van der Waals surface area contributed by atoms with E-state index < -0.39 is 12.1 Å². The molecule has 2 rings (SSSR count). The minimum Gasteiger partial charge on any atom is -0.386 e. The van der Waals surface area contributed by atoms with Gasteiger partial charge in [-0.05, 0) is 41.5 Å². The molecule has 3 N–H and O–H groups in total. The van der Waals surface area contributed by atoms with Crippen LogP contribution in [0.25, 0.3) is 0 Å². The fourth-order valence-corrected chi connectivity index (χ4v) is 2.83. The first-order valence-electron chi connectivity index (χ1n) is 5.62. The Kier molecular flexibility index (Phi) is 4.87. The van der Waals surface area contributed by atoms with Crippen LogP contribution in [0.1, 0.15) is 23.3 Å². The van der Waals surface area contributed by atoms with Gasteiger partial charge in [0.15, 0.2) is 0 Å². The van der Waals surface area contributed by atoms with Gasteiger partial charge in [0.2, 0.25) is 0 Å². The van der Waals surface area contributed by atoms with E-state index in [1.807, 2.05) is 0 Å². The molecular weight excluding hydrogens is 349 g/mol. The van der Waals surface area contributed by atoms with Crippen LogP contribution in [0.2, 0.25) is 10.0 Å². The number of rotatable bonds is 3. The molecule has 0 saturated heterocycles. The number of benzene rings is 2. The van der Waals surface area contributed by atoms with Crippen LogP contribution in [0.4, 0.5) is 0 Å². The van der Waals surface area contributed by atoms with E-state index in [0.29, 0.717) is 15.6 Å². The van der Waals surface area contributed by atoms with Crippen molar-refractivity contribution in [2.24, 2.45) is 5.73 Å². The fraction of sp³-hybridized carbons (Fsp3) is 0.143. The minimum absolute atomic E-state index is 0.539. The molecule has 0 radical (unpaired) electrons. The van der Waals surface area contributed by atoms with E-state index in [0.717, 1.165) is 10.0 Å². The predicted octanol–water partition coefficient (Wildman–Crippen LogP) is 4.49. The number of aliphatic hydroxyl groups is 1. The normalized spacial score (nSPS) is 14.2. The summed E-state index contributed by atoms with van der Waals surface area (Å²) in [6.45, 7) is 0. The topological polar surface area (TPSA) is 46.2 Å². The number of nitrogens with two attached hydrogens (primary N) is 1. The van der Waals surface area contributed by atoms with Crippen LogP contribution in [-0.2, 0) is 0 Å². The van der Waals surface area contributed by atoms with Crippen molar-refractivity contribution in [3.05, 3.63) is 68.1 Å². The van der Waals surface area contributed by atoms with Gasteiger partial charge in [-0.25, -0.2) is 0 Å². The van der Waals surface area contributed by atoms with Crippen molar-refractivity contribution in [3.8, 4) is 0 Å². The third-order valence-corrected chi connectivity index (χ3v) is 3.75. The largest absolute Gasteiger partial charge is 0.386 e. The number of aliphatic hydroxyl groups excluding tert-OH is 1. The van der Waals surface area contributed by atoms with Crippen LogP contribution in [0.3, 0.4) is 0 Å². The molecule has 0 saturated carbocycles. The summed E-state index contributed by atoms with van der Waals surface area (Å²) in [4.78, 5) is 0. The zero-order valence-corrected chi connectivity index (χ0v) is 13.0. The first-order valence-corrected chi connectivity index (χ1v) is 7.17. The smallest absolute Gasteiger partial charge is 0.0983 e. The van der Waals surface area contributed by atoms with Gasteiger partial charge in [0.05, 0.1) is 12.1 Å². The maximum absolute atomic E-state index is 10.3. The first-order chi connectivity index (χ1) is 8.97. The lowest BCUT2D eigenvalue weighted by Crippen LogP contribution is -2.19. The van der Waals surface area contributed by atoms with E-state index >= 15 is 0 Å². The van der Waals surface area contributed by atoms with Gasteiger partial charge in [-0.1, -0.05) is 51.3 Å². The molecule has 19 heavy (non-hydrogen) atoms. The maximum Gasteiger partial charge on any atom is 0.0983 e. The Morgan fingerprint density at radius 3 is 2.16 bits per heavy atom. The molecular formula is C14H12BrCl2NO. The second-order valence-corrected chi connectivity index (χ2v) is 6.01. The Bertz CT molecular complexity index is 554. The lowest BCUT2D eigenvalue weighted by Gasteiger charge is -2.20. The second-order valence-electron chi connectivity index (χ2n) is 4.22. The molecule has 0 fully saturated rings. The van der Waals surface area contributed by atoms with Crippen molar-refractivity contribution >= 4 is 39.1 Å². The summed E-state index contributed by atoms with van der Waals surface area (Å²) in [6, 6.07) is 11.8. The molecule has 2 atom stereocenters. The molecule has 0 spiro atoms. The summed E-state index contributed by atoms with van der Waals surface area (Å²) in [5.74, 6) is 0. The van der Waals surface area contributed by atoms with Gasteiger partial charge in [-0.2, -0.15) is 0 Å². The Morgan fingerprint density at radius 1 is 0.947 bits per heavy atom. The molecule has 0 aliphatic rings. The Balaban J connectivity index is 2.27. The van der Waals surface area contributed by atoms with Gasteiger partial charge in [-0.15, -0.1) is 0 Å². The van der Waals surface area contributed by atoms with Crippen LogP contribution in [-0.4, -0.2) is 5.11 Å². The van der Waals surface area contributed by atoms with Gasteiger partial charge in [0.1, 0.15) is 0 Å². The van der Waals surface area contributed by atoms with Crippen molar-refractivity contribution in [3.63, 3.8) is 0 Å². The number of halogens is 3. The SMILES string of the molecule is N[C@H](c1ccc(Cl)cc1)[C@H](O)c1cc(Cl)cc(Br)c1. The average molecular weight is 361 g/mol. The van der Waals surface area contributed by atoms with E-state index in [1.165, 1.54) is 0 Å². The van der Waals surface area contributed by atoms with Crippen molar-refractivity contribution < 1.29 is 5.11 Å². The molecule has 2 nitrogen and oxygen atoms in total. The first kappa shape index (κ1) is 14.8. The summed E-state index contributed by atoms with van der Waals surface area (Å²) in [5, 5.41) is 11.5. The molecule has 100 valence electrons. The zero-order valence-electron chi connectivity index (χ0n) is 9.85. The molecule has 0 unspecified atom stereocenters. The van der Waals surface area contributed by atoms with Crippen molar-refractivity contribution in [1.82, 2.24) is 0 Å². The highest BCUT2D eigenvalue weighted by Gasteiger charge is 2.19.